The van der Waals surface area contributed by atoms with Gasteiger partial charge < -0.3 is 4.74 Å². The number of hydrogen-bond acceptors (Lipinski definition) is 6. The Hall–Kier alpha value is -2.38. The summed E-state index contributed by atoms with van der Waals surface area (Å²) in [6.07, 6.45) is 0. The molecule has 134 valence electrons. The van der Waals surface area contributed by atoms with Crippen molar-refractivity contribution in [1.29, 1.82) is 0 Å². The normalized spacial score (nSPS) is 10.5. The number of nitrogens with zero attached hydrogens (tertiary/aromatic N) is 2. The van der Waals surface area contributed by atoms with Crippen LogP contribution in [0.5, 0.6) is 5.75 Å². The Morgan fingerprint density at radius 2 is 2.04 bits per heavy atom. The molecule has 26 heavy (non-hydrogen) atoms. The van der Waals surface area contributed by atoms with Crippen LogP contribution in [0.25, 0.3) is 0 Å². The SMILES string of the molecule is CCOc1ccccc1C(=O)Nc1nnc(SCc2cccc(C)c2)s1. The van der Waals surface area contributed by atoms with E-state index in [2.05, 4.69) is 40.6 Å². The number of nitrogens with one attached hydrogen (secondary N) is 1. The van der Waals surface area contributed by atoms with Crippen molar-refractivity contribution in [2.24, 2.45) is 0 Å². The predicted octanol–water partition coefficient (Wildman–Crippen LogP) is 4.79. The Balaban J connectivity index is 1.62. The number of para-hydroxylation sites is 1. The molecule has 0 fully saturated rings. The first-order valence-corrected chi connectivity index (χ1v) is 10.0. The topological polar surface area (TPSA) is 64.1 Å². The van der Waals surface area contributed by atoms with Gasteiger partial charge in [0, 0.05) is 5.75 Å². The minimum absolute atomic E-state index is 0.250. The zero-order valence-corrected chi connectivity index (χ0v) is 16.2. The van der Waals surface area contributed by atoms with Gasteiger partial charge in [-0.25, -0.2) is 0 Å². The summed E-state index contributed by atoms with van der Waals surface area (Å²) in [5, 5.41) is 11.5. The molecule has 1 N–H and O–H groups in total. The van der Waals surface area contributed by atoms with Gasteiger partial charge in [0.1, 0.15) is 5.75 Å². The van der Waals surface area contributed by atoms with Crippen molar-refractivity contribution < 1.29 is 9.53 Å². The molecule has 2 aromatic carbocycles. The Labute approximate surface area is 160 Å². The van der Waals surface area contributed by atoms with Crippen molar-refractivity contribution in [3.8, 4) is 5.75 Å². The van der Waals surface area contributed by atoms with Crippen LogP contribution in [0, 0.1) is 6.92 Å². The number of hydrogen-bond donors (Lipinski definition) is 1. The van der Waals surface area contributed by atoms with E-state index in [1.807, 2.05) is 19.1 Å². The average Bonchev–Trinajstić information content (AvgIpc) is 3.08. The highest BCUT2D eigenvalue weighted by atomic mass is 32.2. The summed E-state index contributed by atoms with van der Waals surface area (Å²) in [6.45, 7) is 4.47. The number of ether oxygens (including phenoxy) is 1. The lowest BCUT2D eigenvalue weighted by atomic mass is 10.2. The average molecular weight is 386 g/mol. The predicted molar refractivity (Wildman–Crippen MR) is 106 cm³/mol. The van der Waals surface area contributed by atoms with Gasteiger partial charge in [0.15, 0.2) is 4.34 Å². The number of benzene rings is 2. The number of thioether (sulfide) groups is 1. The molecule has 5 nitrogen and oxygen atoms in total. The number of amides is 1. The van der Waals surface area contributed by atoms with E-state index in [0.29, 0.717) is 23.1 Å². The molecule has 0 radical (unpaired) electrons. The highest BCUT2D eigenvalue weighted by molar-refractivity contribution is 8.00. The van der Waals surface area contributed by atoms with E-state index in [1.54, 1.807) is 30.0 Å². The molecule has 0 aliphatic heterocycles. The Morgan fingerprint density at radius 3 is 2.85 bits per heavy atom. The summed E-state index contributed by atoms with van der Waals surface area (Å²) >= 11 is 2.97. The van der Waals surface area contributed by atoms with Crippen LogP contribution in [-0.4, -0.2) is 22.7 Å². The van der Waals surface area contributed by atoms with Gasteiger partial charge in [0.05, 0.1) is 12.2 Å². The van der Waals surface area contributed by atoms with Crippen LogP contribution in [0.1, 0.15) is 28.4 Å². The van der Waals surface area contributed by atoms with Crippen molar-refractivity contribution in [2.45, 2.75) is 23.9 Å². The van der Waals surface area contributed by atoms with Gasteiger partial charge in [0.25, 0.3) is 5.91 Å². The molecule has 0 aliphatic carbocycles. The van der Waals surface area contributed by atoms with Gasteiger partial charge >= 0.3 is 0 Å². The van der Waals surface area contributed by atoms with Crippen molar-refractivity contribution in [3.05, 3.63) is 65.2 Å². The van der Waals surface area contributed by atoms with Gasteiger partial charge in [-0.3, -0.25) is 10.1 Å². The number of rotatable bonds is 7. The third-order valence-electron chi connectivity index (χ3n) is 3.50. The molecular weight excluding hydrogens is 366 g/mol. The standard InChI is InChI=1S/C19H19N3O2S2/c1-3-24-16-10-5-4-9-15(16)17(23)20-18-21-22-19(26-18)25-12-14-8-6-7-13(2)11-14/h4-11H,3,12H2,1-2H3,(H,20,21,23). The van der Waals surface area contributed by atoms with Crippen molar-refractivity contribution in [1.82, 2.24) is 10.2 Å². The largest absolute Gasteiger partial charge is 0.493 e. The summed E-state index contributed by atoms with van der Waals surface area (Å²) in [7, 11) is 0. The van der Waals surface area contributed by atoms with Crippen LogP contribution in [-0.2, 0) is 5.75 Å². The van der Waals surface area contributed by atoms with E-state index in [0.717, 1.165) is 10.1 Å². The summed E-state index contributed by atoms with van der Waals surface area (Å²) < 4.78 is 6.32. The number of carbonyl (C=O) groups is 1. The van der Waals surface area contributed by atoms with E-state index in [1.165, 1.54) is 22.5 Å². The number of carbonyl (C=O) groups excluding carboxylic acids is 1. The van der Waals surface area contributed by atoms with Crippen LogP contribution in [0.2, 0.25) is 0 Å². The third kappa shape index (κ3) is 4.83. The van der Waals surface area contributed by atoms with Crippen molar-refractivity contribution in [2.75, 3.05) is 11.9 Å². The van der Waals surface area contributed by atoms with Gasteiger partial charge in [-0.2, -0.15) is 0 Å². The van der Waals surface area contributed by atoms with E-state index >= 15 is 0 Å². The van der Waals surface area contributed by atoms with Crippen LogP contribution >= 0.6 is 23.1 Å². The molecule has 0 spiro atoms. The van der Waals surface area contributed by atoms with Crippen molar-refractivity contribution in [3.63, 3.8) is 0 Å². The molecule has 0 saturated carbocycles. The lowest BCUT2D eigenvalue weighted by Crippen LogP contribution is -2.13. The fourth-order valence-corrected chi connectivity index (χ4v) is 4.06. The molecule has 0 bridgehead atoms. The molecule has 0 saturated heterocycles. The summed E-state index contributed by atoms with van der Waals surface area (Å²) in [5.41, 5.74) is 2.96. The van der Waals surface area contributed by atoms with Gasteiger partial charge in [-0.1, -0.05) is 65.1 Å². The fraction of sp³-hybridized carbons (Fsp3) is 0.211. The maximum absolute atomic E-state index is 12.5. The molecular formula is C19H19N3O2S2. The molecule has 3 rings (SSSR count). The number of aromatic nitrogens is 2. The molecule has 7 heteroatoms. The Morgan fingerprint density at radius 1 is 1.19 bits per heavy atom. The maximum atomic E-state index is 12.5. The van der Waals surface area contributed by atoms with Gasteiger partial charge in [-0.15, -0.1) is 10.2 Å². The smallest absolute Gasteiger partial charge is 0.261 e. The fourth-order valence-electron chi connectivity index (χ4n) is 2.37. The lowest BCUT2D eigenvalue weighted by Gasteiger charge is -2.08. The quantitative estimate of drug-likeness (QED) is 0.468. The third-order valence-corrected chi connectivity index (χ3v) is 5.55. The minimum atomic E-state index is -0.250. The molecule has 0 unspecified atom stereocenters. The van der Waals surface area contributed by atoms with Crippen molar-refractivity contribution >= 4 is 34.1 Å². The molecule has 1 aromatic heterocycles. The van der Waals surface area contributed by atoms with Gasteiger partial charge in [0.2, 0.25) is 5.13 Å². The summed E-state index contributed by atoms with van der Waals surface area (Å²) in [4.78, 5) is 12.5. The zero-order valence-electron chi connectivity index (χ0n) is 14.6. The summed E-state index contributed by atoms with van der Waals surface area (Å²) in [6, 6.07) is 15.5. The maximum Gasteiger partial charge on any atom is 0.261 e. The van der Waals surface area contributed by atoms with Crippen LogP contribution < -0.4 is 10.1 Å². The second-order valence-corrected chi connectivity index (χ2v) is 7.73. The first-order chi connectivity index (χ1) is 12.7. The van der Waals surface area contributed by atoms with Crippen LogP contribution in [0.3, 0.4) is 0 Å². The van der Waals surface area contributed by atoms with Gasteiger partial charge in [-0.05, 0) is 31.5 Å². The highest BCUT2D eigenvalue weighted by Crippen LogP contribution is 2.29. The van der Waals surface area contributed by atoms with Crippen LogP contribution in [0.15, 0.2) is 52.9 Å². The van der Waals surface area contributed by atoms with Crippen LogP contribution in [0.4, 0.5) is 5.13 Å². The second kappa shape index (κ2) is 8.82. The molecule has 1 heterocycles. The van der Waals surface area contributed by atoms with E-state index < -0.39 is 0 Å². The minimum Gasteiger partial charge on any atom is -0.493 e. The molecule has 3 aromatic rings. The van der Waals surface area contributed by atoms with E-state index in [9.17, 15) is 4.79 Å². The Bertz CT molecular complexity index is 896. The highest BCUT2D eigenvalue weighted by Gasteiger charge is 2.14. The van der Waals surface area contributed by atoms with E-state index in [4.69, 9.17) is 4.74 Å². The number of aryl methyl sites for hydroxylation is 1. The second-order valence-electron chi connectivity index (χ2n) is 5.53. The molecule has 0 aliphatic rings. The molecule has 0 atom stereocenters. The number of anilines is 1. The van der Waals surface area contributed by atoms with E-state index in [-0.39, 0.29) is 5.91 Å². The first-order valence-electron chi connectivity index (χ1n) is 8.20. The first kappa shape index (κ1) is 18.4. The summed E-state index contributed by atoms with van der Waals surface area (Å²) in [5.74, 6) is 1.13. The lowest BCUT2D eigenvalue weighted by molar-refractivity contribution is 0.102. The Kier molecular flexibility index (Phi) is 6.25. The monoisotopic (exact) mass is 385 g/mol. The zero-order chi connectivity index (χ0) is 18.4. The molecule has 1 amide bonds.